The minimum absolute atomic E-state index is 0.104. The Morgan fingerprint density at radius 3 is 2.81 bits per heavy atom. The zero-order valence-corrected chi connectivity index (χ0v) is 13.2. The van der Waals surface area contributed by atoms with Crippen LogP contribution in [0.2, 0.25) is 0 Å². The van der Waals surface area contributed by atoms with Gasteiger partial charge in [-0.05, 0) is 36.9 Å². The molecular weight excluding hydrogens is 284 g/mol. The first-order chi connectivity index (χ1) is 10.1. The first-order valence-electron chi connectivity index (χ1n) is 6.92. The quantitative estimate of drug-likeness (QED) is 0.835. The number of carbonyl (C=O) groups excluding carboxylic acids is 1. The van der Waals surface area contributed by atoms with E-state index in [1.807, 2.05) is 18.4 Å². The van der Waals surface area contributed by atoms with Crippen molar-refractivity contribution in [3.05, 3.63) is 46.2 Å². The smallest absolute Gasteiger partial charge is 0.259 e. The molecule has 2 N–H and O–H groups in total. The summed E-state index contributed by atoms with van der Waals surface area (Å²) in [4.78, 5) is 15.5. The topological polar surface area (TPSA) is 55.6 Å². The normalized spacial score (nSPS) is 10.4. The van der Waals surface area contributed by atoms with Crippen LogP contribution in [-0.2, 0) is 6.42 Å². The molecule has 0 fully saturated rings. The van der Waals surface area contributed by atoms with Crippen LogP contribution in [0.1, 0.15) is 22.2 Å². The fourth-order valence-electron chi connectivity index (χ4n) is 2.08. The summed E-state index contributed by atoms with van der Waals surface area (Å²) < 4.78 is 5.51. The number of nitrogens with two attached hydrogens (primary N) is 1. The van der Waals surface area contributed by atoms with Crippen molar-refractivity contribution >= 4 is 22.9 Å². The van der Waals surface area contributed by atoms with E-state index in [0.29, 0.717) is 30.2 Å². The summed E-state index contributed by atoms with van der Waals surface area (Å²) in [5, 5.41) is 2.04. The molecule has 0 saturated carbocycles. The van der Waals surface area contributed by atoms with Crippen LogP contribution in [0.5, 0.6) is 5.75 Å². The fraction of sp³-hybridized carbons (Fsp3) is 0.312. The number of hydrogen-bond donors (Lipinski definition) is 1. The molecule has 0 atom stereocenters. The van der Waals surface area contributed by atoms with Crippen LogP contribution in [0.15, 0.2) is 35.7 Å². The SMILES string of the molecule is CCOc1cccc(N)c1C(=O)N(C)CCc1cccs1. The highest BCUT2D eigenvalue weighted by atomic mass is 32.1. The third-order valence-electron chi connectivity index (χ3n) is 3.19. The van der Waals surface area contributed by atoms with Gasteiger partial charge < -0.3 is 15.4 Å². The van der Waals surface area contributed by atoms with Gasteiger partial charge in [0.05, 0.1) is 6.61 Å². The second-order valence-electron chi connectivity index (χ2n) is 4.71. The molecule has 1 aromatic heterocycles. The maximum Gasteiger partial charge on any atom is 0.259 e. The van der Waals surface area contributed by atoms with Crippen molar-refractivity contribution in [2.45, 2.75) is 13.3 Å². The number of nitrogen functional groups attached to an aromatic ring is 1. The van der Waals surface area contributed by atoms with Crippen LogP contribution in [0.4, 0.5) is 5.69 Å². The summed E-state index contributed by atoms with van der Waals surface area (Å²) in [6.07, 6.45) is 0.844. The van der Waals surface area contributed by atoms with Gasteiger partial charge in [0.1, 0.15) is 11.3 Å². The first-order valence-corrected chi connectivity index (χ1v) is 7.80. The maximum absolute atomic E-state index is 12.6. The van der Waals surface area contributed by atoms with E-state index in [4.69, 9.17) is 10.5 Å². The number of anilines is 1. The molecule has 4 nitrogen and oxygen atoms in total. The van der Waals surface area contributed by atoms with Crippen LogP contribution >= 0.6 is 11.3 Å². The standard InChI is InChI=1S/C16H20N2O2S/c1-3-20-14-8-4-7-13(17)15(14)16(19)18(2)10-9-12-6-5-11-21-12/h4-8,11H,3,9-10,17H2,1-2H3. The van der Waals surface area contributed by atoms with E-state index >= 15 is 0 Å². The zero-order chi connectivity index (χ0) is 15.2. The van der Waals surface area contributed by atoms with Gasteiger partial charge >= 0.3 is 0 Å². The minimum Gasteiger partial charge on any atom is -0.493 e. The molecule has 0 aliphatic rings. The lowest BCUT2D eigenvalue weighted by molar-refractivity contribution is 0.0794. The lowest BCUT2D eigenvalue weighted by Gasteiger charge is -2.20. The summed E-state index contributed by atoms with van der Waals surface area (Å²) in [7, 11) is 1.79. The van der Waals surface area contributed by atoms with Gasteiger partial charge in [0, 0.05) is 24.2 Å². The molecule has 1 heterocycles. The summed E-state index contributed by atoms with van der Waals surface area (Å²) in [5.41, 5.74) is 6.86. The van der Waals surface area contributed by atoms with Gasteiger partial charge in [0.15, 0.2) is 0 Å². The molecule has 0 radical (unpaired) electrons. The fourth-order valence-corrected chi connectivity index (χ4v) is 2.78. The van der Waals surface area contributed by atoms with Gasteiger partial charge in [-0.1, -0.05) is 12.1 Å². The second kappa shape index (κ2) is 7.13. The van der Waals surface area contributed by atoms with Gasteiger partial charge in [-0.3, -0.25) is 4.79 Å². The largest absolute Gasteiger partial charge is 0.493 e. The van der Waals surface area contributed by atoms with Crippen LogP contribution in [0, 0.1) is 0 Å². The van der Waals surface area contributed by atoms with Crippen molar-refractivity contribution in [3.8, 4) is 5.75 Å². The van der Waals surface area contributed by atoms with Gasteiger partial charge in [-0.25, -0.2) is 0 Å². The van der Waals surface area contributed by atoms with Crippen molar-refractivity contribution in [1.82, 2.24) is 4.90 Å². The van der Waals surface area contributed by atoms with Crippen LogP contribution in [0.3, 0.4) is 0 Å². The number of rotatable bonds is 6. The van der Waals surface area contributed by atoms with E-state index in [0.717, 1.165) is 6.42 Å². The Bertz CT molecular complexity index is 596. The number of thiophene rings is 1. The Labute approximate surface area is 129 Å². The molecule has 0 saturated heterocycles. The molecule has 1 aromatic carbocycles. The van der Waals surface area contributed by atoms with E-state index in [-0.39, 0.29) is 5.91 Å². The number of likely N-dealkylation sites (N-methyl/N-ethyl adjacent to an activating group) is 1. The van der Waals surface area contributed by atoms with Crippen molar-refractivity contribution in [2.24, 2.45) is 0 Å². The molecule has 5 heteroatoms. The number of carbonyl (C=O) groups is 1. The predicted molar refractivity (Wildman–Crippen MR) is 87.0 cm³/mol. The molecule has 0 bridgehead atoms. The average Bonchev–Trinajstić information content (AvgIpc) is 2.98. The molecule has 2 rings (SSSR count). The Morgan fingerprint density at radius 1 is 1.33 bits per heavy atom. The number of nitrogens with zero attached hydrogens (tertiary/aromatic N) is 1. The monoisotopic (exact) mass is 304 g/mol. The van der Waals surface area contributed by atoms with Gasteiger partial charge in [-0.15, -0.1) is 11.3 Å². The van der Waals surface area contributed by atoms with Crippen molar-refractivity contribution < 1.29 is 9.53 Å². The van der Waals surface area contributed by atoms with E-state index in [2.05, 4.69) is 6.07 Å². The lowest BCUT2D eigenvalue weighted by Crippen LogP contribution is -2.29. The third kappa shape index (κ3) is 3.76. The Kier molecular flexibility index (Phi) is 5.22. The number of hydrogen-bond acceptors (Lipinski definition) is 4. The molecular formula is C16H20N2O2S. The van der Waals surface area contributed by atoms with Crippen molar-refractivity contribution in [1.29, 1.82) is 0 Å². The number of benzene rings is 1. The summed E-state index contributed by atoms with van der Waals surface area (Å²) in [6, 6.07) is 9.39. The third-order valence-corrected chi connectivity index (χ3v) is 4.13. The van der Waals surface area contributed by atoms with E-state index in [1.54, 1.807) is 41.5 Å². The van der Waals surface area contributed by atoms with Crippen molar-refractivity contribution in [3.63, 3.8) is 0 Å². The van der Waals surface area contributed by atoms with Crippen LogP contribution in [-0.4, -0.2) is 31.0 Å². The maximum atomic E-state index is 12.6. The van der Waals surface area contributed by atoms with E-state index in [9.17, 15) is 4.79 Å². The minimum atomic E-state index is -0.104. The molecule has 112 valence electrons. The molecule has 21 heavy (non-hydrogen) atoms. The summed E-state index contributed by atoms with van der Waals surface area (Å²) in [6.45, 7) is 3.04. The van der Waals surface area contributed by atoms with Crippen LogP contribution < -0.4 is 10.5 Å². The first kappa shape index (κ1) is 15.4. The van der Waals surface area contributed by atoms with Gasteiger partial charge in [0.2, 0.25) is 0 Å². The van der Waals surface area contributed by atoms with E-state index in [1.165, 1.54) is 4.88 Å². The number of amides is 1. The lowest BCUT2D eigenvalue weighted by atomic mass is 10.1. The molecule has 0 spiro atoms. The Balaban J connectivity index is 2.11. The highest BCUT2D eigenvalue weighted by Gasteiger charge is 2.19. The second-order valence-corrected chi connectivity index (χ2v) is 5.74. The average molecular weight is 304 g/mol. The molecule has 0 unspecified atom stereocenters. The van der Waals surface area contributed by atoms with Gasteiger partial charge in [-0.2, -0.15) is 0 Å². The summed E-state index contributed by atoms with van der Waals surface area (Å²) >= 11 is 1.70. The Morgan fingerprint density at radius 2 is 2.14 bits per heavy atom. The van der Waals surface area contributed by atoms with Crippen LogP contribution in [0.25, 0.3) is 0 Å². The summed E-state index contributed by atoms with van der Waals surface area (Å²) in [5.74, 6) is 0.443. The van der Waals surface area contributed by atoms with Gasteiger partial charge in [0.25, 0.3) is 5.91 Å². The molecule has 0 aliphatic heterocycles. The predicted octanol–water partition coefficient (Wildman–Crippen LogP) is 3.04. The molecule has 2 aromatic rings. The van der Waals surface area contributed by atoms with Crippen molar-refractivity contribution in [2.75, 3.05) is 25.9 Å². The molecule has 1 amide bonds. The number of ether oxygens (including phenoxy) is 1. The Hall–Kier alpha value is -2.01. The van der Waals surface area contributed by atoms with E-state index < -0.39 is 0 Å². The zero-order valence-electron chi connectivity index (χ0n) is 12.3. The highest BCUT2D eigenvalue weighted by Crippen LogP contribution is 2.26. The highest BCUT2D eigenvalue weighted by molar-refractivity contribution is 7.09. The molecule has 0 aliphatic carbocycles.